The summed E-state index contributed by atoms with van der Waals surface area (Å²) in [7, 11) is 0. The molecular weight excluding hydrogens is 1750 g/mol. The van der Waals surface area contributed by atoms with Gasteiger partial charge in [0.2, 0.25) is 0 Å². The predicted molar refractivity (Wildman–Crippen MR) is 620 cm³/mol. The van der Waals surface area contributed by atoms with Crippen LogP contribution < -0.4 is 14.7 Å². The van der Waals surface area contributed by atoms with E-state index in [-0.39, 0.29) is 0 Å². The zero-order valence-electron chi connectivity index (χ0n) is 80.0. The van der Waals surface area contributed by atoms with E-state index in [4.69, 9.17) is 0 Å². The lowest BCUT2D eigenvalue weighted by Gasteiger charge is -2.28. The van der Waals surface area contributed by atoms with E-state index in [0.29, 0.717) is 0 Å². The van der Waals surface area contributed by atoms with Gasteiger partial charge in [-0.3, -0.25) is 0 Å². The molecule has 26 aromatic carbocycles. The molecule has 26 aromatic rings. The number of rotatable bonds is 19. The van der Waals surface area contributed by atoms with Crippen LogP contribution in [0.25, 0.3) is 187 Å². The summed E-state index contributed by atoms with van der Waals surface area (Å²) < 4.78 is 0. The number of anilines is 9. The van der Waals surface area contributed by atoms with Crippen molar-refractivity contribution in [3.05, 3.63) is 601 Å². The monoisotopic (exact) mass is 1850 g/mol. The number of hydrogen-bond acceptors (Lipinski definition) is 3. The van der Waals surface area contributed by atoms with Gasteiger partial charge in [0.05, 0.1) is 5.69 Å². The Morgan fingerprint density at radius 1 is 0.0897 bits per heavy atom. The van der Waals surface area contributed by atoms with Gasteiger partial charge < -0.3 is 14.7 Å². The number of benzene rings is 26. The molecule has 0 radical (unpaired) electrons. The van der Waals surface area contributed by atoms with E-state index in [1.54, 1.807) is 0 Å². The van der Waals surface area contributed by atoms with Crippen molar-refractivity contribution >= 4 is 127 Å². The van der Waals surface area contributed by atoms with Crippen LogP contribution in [0, 0.1) is 0 Å². The Labute approximate surface area is 847 Å². The molecular formula is C142H99N3. The van der Waals surface area contributed by atoms with E-state index in [0.717, 1.165) is 51.2 Å². The summed E-state index contributed by atoms with van der Waals surface area (Å²) in [5.41, 5.74) is 34.3. The van der Waals surface area contributed by atoms with Crippen LogP contribution in [0.4, 0.5) is 51.2 Å². The van der Waals surface area contributed by atoms with Gasteiger partial charge in [0.25, 0.3) is 0 Å². The molecule has 3 heteroatoms. The van der Waals surface area contributed by atoms with Crippen LogP contribution in [0.1, 0.15) is 0 Å². The molecule has 145 heavy (non-hydrogen) atoms. The topological polar surface area (TPSA) is 9.72 Å². The largest absolute Gasteiger partial charge is 0.310 e. The quantitative estimate of drug-likeness (QED) is 0.0747. The molecule has 26 rings (SSSR count). The average Bonchev–Trinajstić information content (AvgIpc) is 0.740. The lowest BCUT2D eigenvalue weighted by Crippen LogP contribution is -2.10. The molecule has 0 aliphatic rings. The van der Waals surface area contributed by atoms with Gasteiger partial charge in [0, 0.05) is 50.9 Å². The zero-order valence-corrected chi connectivity index (χ0v) is 80.0. The second-order valence-electron chi connectivity index (χ2n) is 37.0. The van der Waals surface area contributed by atoms with E-state index in [2.05, 4.69) is 615 Å². The first-order chi connectivity index (χ1) is 71.9. The lowest BCUT2D eigenvalue weighted by atomic mass is 9.93. The Hall–Kier alpha value is -19.1. The average molecular weight is 1850 g/mol. The first kappa shape index (κ1) is 88.6. The summed E-state index contributed by atoms with van der Waals surface area (Å²) in [4.78, 5) is 7.14. The zero-order chi connectivity index (χ0) is 96.6. The first-order valence-corrected chi connectivity index (χ1v) is 49.8. The Morgan fingerprint density at radius 3 is 0.634 bits per heavy atom. The van der Waals surface area contributed by atoms with Crippen LogP contribution in [0.2, 0.25) is 0 Å². The standard InChI is InChI=1S/C50H35N.C48H33N.C44H31N/c1-3-13-36(14-4-1)38-25-29-44(30-26-38)51(45-31-27-39(28-32-45)41-19-11-18-40(33-41)37-15-5-2-6-16-37)46-21-12-20-42(34-46)50-35-43-17-7-8-22-47(43)48-23-9-10-24-49(48)50;1-3-12-34(13-4-1)36-22-26-40(27-23-36)49(41-28-24-37(25-29-41)39-17-11-16-38(32-39)35-14-5-2-6-15-35)42-30-31-47-45-20-8-7-18-43(45)44-19-9-10-21-46(44)48(47)33-42;1-3-12-32(13-4-1)34-22-26-39(27-23-34)45(44-31-38-16-7-8-19-41(38)42-20-9-10-21-43(42)44)40-28-24-35(25-29-40)37-18-11-17-36(30-37)33-14-5-2-6-15-33/h1-35H;1-33H;1-31H. The Morgan fingerprint density at radius 2 is 0.297 bits per heavy atom. The summed E-state index contributed by atoms with van der Waals surface area (Å²) in [5.74, 6) is 0. The molecule has 0 spiro atoms. The fourth-order valence-electron chi connectivity index (χ4n) is 20.9. The maximum atomic E-state index is 2.40. The predicted octanol–water partition coefficient (Wildman–Crippen LogP) is 40.2. The summed E-state index contributed by atoms with van der Waals surface area (Å²) >= 11 is 0. The van der Waals surface area contributed by atoms with Crippen molar-refractivity contribution in [2.75, 3.05) is 14.7 Å². The molecule has 3 nitrogen and oxygen atoms in total. The highest BCUT2D eigenvalue weighted by atomic mass is 15.2. The van der Waals surface area contributed by atoms with Crippen molar-refractivity contribution in [3.63, 3.8) is 0 Å². The van der Waals surface area contributed by atoms with Crippen LogP contribution in [0.3, 0.4) is 0 Å². The van der Waals surface area contributed by atoms with E-state index < -0.39 is 0 Å². The Kier molecular flexibility index (Phi) is 24.7. The Bertz CT molecular complexity index is 9060. The maximum Gasteiger partial charge on any atom is 0.0546 e. The van der Waals surface area contributed by atoms with Crippen molar-refractivity contribution in [1.82, 2.24) is 0 Å². The molecule has 0 aliphatic heterocycles. The fourth-order valence-corrected chi connectivity index (χ4v) is 20.9. The van der Waals surface area contributed by atoms with E-state index in [9.17, 15) is 0 Å². The molecule has 0 fully saturated rings. The maximum absolute atomic E-state index is 2.40. The summed E-state index contributed by atoms with van der Waals surface area (Å²) in [6.07, 6.45) is 0. The highest BCUT2D eigenvalue weighted by molar-refractivity contribution is 6.26. The summed E-state index contributed by atoms with van der Waals surface area (Å²) in [5, 5.41) is 17.7. The number of fused-ring (bicyclic) bond motifs is 12. The first-order valence-electron chi connectivity index (χ1n) is 49.8. The van der Waals surface area contributed by atoms with Crippen molar-refractivity contribution in [1.29, 1.82) is 0 Å². The third kappa shape index (κ3) is 18.4. The number of nitrogens with zero attached hydrogens (tertiary/aromatic N) is 3. The van der Waals surface area contributed by atoms with Gasteiger partial charge in [-0.25, -0.2) is 0 Å². The minimum Gasteiger partial charge on any atom is -0.310 e. The Balaban J connectivity index is 0.000000117. The highest BCUT2D eigenvalue weighted by Crippen LogP contribution is 2.48. The van der Waals surface area contributed by atoms with Gasteiger partial charge in [-0.15, -0.1) is 0 Å². The molecule has 0 N–H and O–H groups in total. The molecule has 682 valence electrons. The minimum atomic E-state index is 1.10. The molecule has 0 unspecified atom stereocenters. The molecule has 0 saturated carbocycles. The molecule has 0 bridgehead atoms. The lowest BCUT2D eigenvalue weighted by molar-refractivity contribution is 1.28. The van der Waals surface area contributed by atoms with Gasteiger partial charge in [0.1, 0.15) is 0 Å². The smallest absolute Gasteiger partial charge is 0.0546 e. The third-order valence-corrected chi connectivity index (χ3v) is 28.1. The van der Waals surface area contributed by atoms with Crippen LogP contribution >= 0.6 is 0 Å². The van der Waals surface area contributed by atoms with Crippen molar-refractivity contribution in [3.8, 4) is 111 Å². The van der Waals surface area contributed by atoms with Gasteiger partial charge in [-0.05, 0) is 309 Å². The van der Waals surface area contributed by atoms with E-state index >= 15 is 0 Å². The van der Waals surface area contributed by atoms with Gasteiger partial charge in [-0.2, -0.15) is 0 Å². The third-order valence-electron chi connectivity index (χ3n) is 28.1. The van der Waals surface area contributed by atoms with Crippen molar-refractivity contribution in [2.24, 2.45) is 0 Å². The SMILES string of the molecule is c1ccc(-c2ccc(N(c3ccc(-c4cccc(-c5ccccc5)c4)cc3)c3cc4ccccc4c4ccccc34)cc2)cc1.c1ccc(-c2ccc(N(c3ccc(-c4cccc(-c5ccccc5)c4)cc3)c3ccc4c5ccccc5c5ccccc5c4c3)cc2)cc1.c1ccc(-c2ccc(N(c3ccc(-c4cccc(-c5ccccc5)c4)cc3)c3cccc(-c4cc5ccccc5c5ccccc45)c3)cc2)cc1. The molecule has 0 aromatic heterocycles. The molecule has 0 aliphatic carbocycles. The molecule has 0 amide bonds. The highest BCUT2D eigenvalue weighted by Gasteiger charge is 2.23. The van der Waals surface area contributed by atoms with Crippen LogP contribution in [-0.2, 0) is 0 Å². The van der Waals surface area contributed by atoms with Crippen molar-refractivity contribution < 1.29 is 0 Å². The van der Waals surface area contributed by atoms with Gasteiger partial charge >= 0.3 is 0 Å². The second-order valence-corrected chi connectivity index (χ2v) is 37.0. The van der Waals surface area contributed by atoms with Crippen LogP contribution in [0.5, 0.6) is 0 Å². The molecule has 0 saturated heterocycles. The van der Waals surface area contributed by atoms with Crippen LogP contribution in [0.15, 0.2) is 601 Å². The van der Waals surface area contributed by atoms with Crippen LogP contribution in [-0.4, -0.2) is 0 Å². The van der Waals surface area contributed by atoms with Crippen molar-refractivity contribution in [2.45, 2.75) is 0 Å². The van der Waals surface area contributed by atoms with E-state index in [1.807, 2.05) is 0 Å². The minimum absolute atomic E-state index is 1.10. The normalized spacial score (nSPS) is 11.2. The van der Waals surface area contributed by atoms with Gasteiger partial charge in [0.15, 0.2) is 0 Å². The summed E-state index contributed by atoms with van der Waals surface area (Å²) in [6.45, 7) is 0. The fraction of sp³-hybridized carbons (Fsp3) is 0. The molecule has 0 atom stereocenters. The number of hydrogen-bond donors (Lipinski definition) is 0. The van der Waals surface area contributed by atoms with Gasteiger partial charge in [-0.1, -0.05) is 473 Å². The summed E-state index contributed by atoms with van der Waals surface area (Å²) in [6, 6.07) is 217. The second kappa shape index (κ2) is 40.4. The van der Waals surface area contributed by atoms with E-state index in [1.165, 1.54) is 187 Å². The molecule has 0 heterocycles.